The first-order valence-corrected chi connectivity index (χ1v) is 11.3. The number of aromatic nitrogens is 4. The van der Waals surface area contributed by atoms with Gasteiger partial charge in [0.25, 0.3) is 0 Å². The highest BCUT2D eigenvalue weighted by molar-refractivity contribution is 6.03. The minimum absolute atomic E-state index is 0.448. The van der Waals surface area contributed by atoms with Gasteiger partial charge in [0.15, 0.2) is 0 Å². The average molecular weight is 433 g/mol. The Morgan fingerprint density at radius 2 is 1.73 bits per heavy atom. The highest BCUT2D eigenvalue weighted by atomic mass is 16.3. The van der Waals surface area contributed by atoms with E-state index < -0.39 is 0 Å². The van der Waals surface area contributed by atoms with Crippen LogP contribution in [0.1, 0.15) is 36.6 Å². The van der Waals surface area contributed by atoms with Gasteiger partial charge >= 0.3 is 0 Å². The number of hydrogen-bond acceptors (Lipinski definition) is 4. The largest absolute Gasteiger partial charge is 0.419 e. The van der Waals surface area contributed by atoms with E-state index in [0.717, 1.165) is 45.4 Å². The van der Waals surface area contributed by atoms with Crippen LogP contribution >= 0.6 is 0 Å². The van der Waals surface area contributed by atoms with Crippen LogP contribution < -0.4 is 0 Å². The smallest absolute Gasteiger partial charge is 0.229 e. The van der Waals surface area contributed by atoms with Gasteiger partial charge in [-0.1, -0.05) is 50.2 Å². The van der Waals surface area contributed by atoms with Crippen molar-refractivity contribution < 1.29 is 4.42 Å². The van der Waals surface area contributed by atoms with Crippen LogP contribution in [0.4, 0.5) is 0 Å². The summed E-state index contributed by atoms with van der Waals surface area (Å²) in [5.41, 5.74) is 7.74. The van der Waals surface area contributed by atoms with E-state index in [1.807, 2.05) is 25.3 Å². The molecule has 162 valence electrons. The number of fused-ring (bicyclic) bond motifs is 4. The molecule has 6 aromatic rings. The maximum absolute atomic E-state index is 5.90. The number of imidazole rings is 1. The maximum atomic E-state index is 5.90. The summed E-state index contributed by atoms with van der Waals surface area (Å²) < 4.78 is 8.18. The van der Waals surface area contributed by atoms with Gasteiger partial charge in [-0.05, 0) is 54.3 Å². The first kappa shape index (κ1) is 19.7. The Bertz CT molecular complexity index is 1630. The normalized spacial score (nSPS) is 11.9. The van der Waals surface area contributed by atoms with Crippen molar-refractivity contribution in [2.24, 2.45) is 0 Å². The number of aryl methyl sites for hydroxylation is 1. The predicted octanol–water partition coefficient (Wildman–Crippen LogP) is 6.87. The molecular formula is C28H24N4O. The fraction of sp³-hybridized carbons (Fsp3) is 0.179. The summed E-state index contributed by atoms with van der Waals surface area (Å²) in [4.78, 5) is 14.2. The third-order valence-electron chi connectivity index (χ3n) is 6.21. The van der Waals surface area contributed by atoms with Gasteiger partial charge in [0, 0.05) is 29.4 Å². The molecule has 4 aromatic heterocycles. The van der Waals surface area contributed by atoms with Crippen LogP contribution in [-0.2, 0) is 6.54 Å². The summed E-state index contributed by atoms with van der Waals surface area (Å²) in [6.45, 7) is 7.11. The van der Waals surface area contributed by atoms with Crippen molar-refractivity contribution in [3.63, 3.8) is 0 Å². The fourth-order valence-electron chi connectivity index (χ4n) is 4.41. The van der Waals surface area contributed by atoms with Crippen molar-refractivity contribution in [1.29, 1.82) is 0 Å². The molecule has 0 aliphatic carbocycles. The zero-order chi connectivity index (χ0) is 22.5. The Morgan fingerprint density at radius 1 is 0.879 bits per heavy atom. The van der Waals surface area contributed by atoms with E-state index >= 15 is 0 Å². The van der Waals surface area contributed by atoms with E-state index in [1.54, 1.807) is 0 Å². The quantitative estimate of drug-likeness (QED) is 0.305. The summed E-state index contributed by atoms with van der Waals surface area (Å²) in [5.74, 6) is 1.35. The molecule has 0 unspecified atom stereocenters. The highest BCUT2D eigenvalue weighted by Gasteiger charge is 2.17. The molecule has 0 bridgehead atoms. The molecule has 0 fully saturated rings. The Hall–Kier alpha value is -3.99. The molecule has 2 aromatic carbocycles. The van der Waals surface area contributed by atoms with Gasteiger partial charge in [0.2, 0.25) is 11.4 Å². The van der Waals surface area contributed by atoms with Crippen molar-refractivity contribution in [3.05, 3.63) is 89.7 Å². The number of furan rings is 1. The number of hydrogen-bond donors (Lipinski definition) is 0. The first-order chi connectivity index (χ1) is 16.1. The van der Waals surface area contributed by atoms with E-state index in [1.165, 1.54) is 11.1 Å². The molecule has 0 N–H and O–H groups in total. The fourth-order valence-corrected chi connectivity index (χ4v) is 4.41. The van der Waals surface area contributed by atoms with Gasteiger partial charge in [0.1, 0.15) is 5.82 Å². The minimum Gasteiger partial charge on any atom is -0.419 e. The predicted molar refractivity (Wildman–Crippen MR) is 132 cm³/mol. The van der Waals surface area contributed by atoms with Crippen molar-refractivity contribution in [2.45, 2.75) is 33.2 Å². The molecule has 0 radical (unpaired) electrons. The molecule has 5 nitrogen and oxygen atoms in total. The third-order valence-corrected chi connectivity index (χ3v) is 6.21. The lowest BCUT2D eigenvalue weighted by molar-refractivity contribution is 0.639. The van der Waals surface area contributed by atoms with Gasteiger partial charge in [-0.3, -0.25) is 0 Å². The maximum Gasteiger partial charge on any atom is 0.229 e. The van der Waals surface area contributed by atoms with E-state index in [-0.39, 0.29) is 0 Å². The topological polar surface area (TPSA) is 56.7 Å². The molecule has 0 amide bonds. The first-order valence-electron chi connectivity index (χ1n) is 11.3. The van der Waals surface area contributed by atoms with Crippen LogP contribution in [0.5, 0.6) is 0 Å². The van der Waals surface area contributed by atoms with Gasteiger partial charge < -0.3 is 8.98 Å². The second kappa shape index (κ2) is 7.55. The van der Waals surface area contributed by atoms with Crippen molar-refractivity contribution in [3.8, 4) is 11.4 Å². The Labute approximate surface area is 191 Å². The molecule has 0 atom stereocenters. The SMILES string of the molecule is Cc1ccc2c(n1)oc1ncc(-c3nc4cc(C(C)C)ccc4n3Cc3ccccc3)cc12. The van der Waals surface area contributed by atoms with Crippen molar-refractivity contribution >= 4 is 33.2 Å². The molecule has 33 heavy (non-hydrogen) atoms. The van der Waals surface area contributed by atoms with Gasteiger partial charge in [0.05, 0.1) is 16.4 Å². The van der Waals surface area contributed by atoms with Crippen LogP contribution in [0.2, 0.25) is 0 Å². The molecule has 6 rings (SSSR count). The van der Waals surface area contributed by atoms with Crippen LogP contribution in [0.3, 0.4) is 0 Å². The molecule has 0 saturated carbocycles. The van der Waals surface area contributed by atoms with Crippen LogP contribution in [0.15, 0.2) is 77.3 Å². The molecule has 0 spiro atoms. The molecule has 0 aliphatic heterocycles. The van der Waals surface area contributed by atoms with Gasteiger partial charge in [-0.15, -0.1) is 0 Å². The molecular weight excluding hydrogens is 408 g/mol. The van der Waals surface area contributed by atoms with Gasteiger partial charge in [-0.25, -0.2) is 15.0 Å². The zero-order valence-corrected chi connectivity index (χ0v) is 18.9. The van der Waals surface area contributed by atoms with Gasteiger partial charge in [-0.2, -0.15) is 0 Å². The lowest BCUT2D eigenvalue weighted by Crippen LogP contribution is -2.02. The number of nitrogens with zero attached hydrogens (tertiary/aromatic N) is 4. The summed E-state index contributed by atoms with van der Waals surface area (Å²) in [7, 11) is 0. The second-order valence-corrected chi connectivity index (χ2v) is 8.89. The van der Waals surface area contributed by atoms with Crippen molar-refractivity contribution in [1.82, 2.24) is 19.5 Å². The average Bonchev–Trinajstić information content (AvgIpc) is 3.36. The number of benzene rings is 2. The van der Waals surface area contributed by atoms with Crippen molar-refractivity contribution in [2.75, 3.05) is 0 Å². The van der Waals surface area contributed by atoms with Crippen LogP contribution in [0, 0.1) is 6.92 Å². The minimum atomic E-state index is 0.448. The van der Waals surface area contributed by atoms with E-state index in [9.17, 15) is 0 Å². The monoisotopic (exact) mass is 432 g/mol. The number of rotatable bonds is 4. The molecule has 5 heteroatoms. The van der Waals surface area contributed by atoms with E-state index in [0.29, 0.717) is 17.3 Å². The third kappa shape index (κ3) is 3.37. The lowest BCUT2D eigenvalue weighted by Gasteiger charge is -2.10. The Morgan fingerprint density at radius 3 is 2.55 bits per heavy atom. The van der Waals surface area contributed by atoms with Crippen LogP contribution in [-0.4, -0.2) is 19.5 Å². The van der Waals surface area contributed by atoms with E-state index in [2.05, 4.69) is 83.0 Å². The highest BCUT2D eigenvalue weighted by Crippen LogP contribution is 2.32. The lowest BCUT2D eigenvalue weighted by atomic mass is 10.0. The van der Waals surface area contributed by atoms with Crippen LogP contribution in [0.25, 0.3) is 44.6 Å². The zero-order valence-electron chi connectivity index (χ0n) is 18.9. The second-order valence-electron chi connectivity index (χ2n) is 8.89. The molecule has 0 aliphatic rings. The Balaban J connectivity index is 1.57. The molecule has 4 heterocycles. The Kier molecular flexibility index (Phi) is 4.50. The number of pyridine rings is 2. The summed E-state index contributed by atoms with van der Waals surface area (Å²) in [6.07, 6.45) is 1.85. The summed E-state index contributed by atoms with van der Waals surface area (Å²) in [6, 6.07) is 23.3. The standard InChI is InChI=1S/C28H24N4O/c1-17(2)20-10-12-25-24(14-20)31-26(32(25)16-19-7-5-4-6-8-19)21-13-23-22-11-9-18(3)30-28(22)33-27(23)29-15-21/h4-15,17H,16H2,1-3H3. The molecule has 0 saturated heterocycles. The summed E-state index contributed by atoms with van der Waals surface area (Å²) >= 11 is 0. The van der Waals surface area contributed by atoms with E-state index in [4.69, 9.17) is 9.40 Å². The summed E-state index contributed by atoms with van der Waals surface area (Å²) in [5, 5.41) is 1.92.